The van der Waals surface area contributed by atoms with Crippen molar-refractivity contribution < 1.29 is 29.0 Å². The van der Waals surface area contributed by atoms with Gasteiger partial charge in [0.2, 0.25) is 5.91 Å². The van der Waals surface area contributed by atoms with Crippen LogP contribution in [0.4, 0.5) is 0 Å². The van der Waals surface area contributed by atoms with Gasteiger partial charge in [-0.3, -0.25) is 19.2 Å². The Kier molecular flexibility index (Phi) is 10.4. The molecule has 3 amide bonds. The third kappa shape index (κ3) is 7.57. The van der Waals surface area contributed by atoms with Gasteiger partial charge in [0, 0.05) is 30.3 Å². The van der Waals surface area contributed by atoms with E-state index in [1.165, 1.54) is 23.6 Å². The van der Waals surface area contributed by atoms with Crippen molar-refractivity contribution in [2.45, 2.75) is 51.9 Å². The Labute approximate surface area is 249 Å². The maximum atomic E-state index is 13.7. The van der Waals surface area contributed by atoms with Crippen LogP contribution in [0.2, 0.25) is 0 Å². The van der Waals surface area contributed by atoms with Crippen molar-refractivity contribution in [3.63, 3.8) is 0 Å². The molecule has 3 atom stereocenters. The van der Waals surface area contributed by atoms with E-state index < -0.39 is 36.0 Å². The van der Waals surface area contributed by atoms with Crippen LogP contribution in [0, 0.1) is 13.8 Å². The van der Waals surface area contributed by atoms with Crippen LogP contribution in [-0.2, 0) is 27.3 Å². The van der Waals surface area contributed by atoms with Crippen LogP contribution in [0.5, 0.6) is 5.75 Å². The molecule has 0 spiro atoms. The first-order valence-electron chi connectivity index (χ1n) is 13.7. The van der Waals surface area contributed by atoms with Gasteiger partial charge >= 0.3 is 5.97 Å². The van der Waals surface area contributed by atoms with Gasteiger partial charge in [0.25, 0.3) is 11.8 Å². The second-order valence-electron chi connectivity index (χ2n) is 10.2. The third-order valence-electron chi connectivity index (χ3n) is 7.21. The van der Waals surface area contributed by atoms with Crippen molar-refractivity contribution in [3.05, 3.63) is 101 Å². The molecule has 42 heavy (non-hydrogen) atoms. The number of aliphatic hydroxyl groups is 1. The standard InChI is InChI=1S/C32H35N3O6S/c1-20-10-7-8-13-24(20)17-33-31(39)27-18-42-19-35(27)32(40)29(37)26(16-23-11-5-4-6-12-23)34-30(38)25-14-9-15-28(21(25)2)41-22(3)36/h4-15,26-27,29,37H,16-19H2,1-3H3,(H,33,39)(H,34,38)/t26-,27-,29-/m0/s1. The highest BCUT2D eigenvalue weighted by Crippen LogP contribution is 2.25. The smallest absolute Gasteiger partial charge is 0.308 e. The van der Waals surface area contributed by atoms with E-state index in [2.05, 4.69) is 10.6 Å². The summed E-state index contributed by atoms with van der Waals surface area (Å²) in [6.07, 6.45) is -1.44. The van der Waals surface area contributed by atoms with Crippen molar-refractivity contribution in [1.29, 1.82) is 0 Å². The Morgan fingerprint density at radius 1 is 1.00 bits per heavy atom. The number of nitrogens with zero attached hydrogens (tertiary/aromatic N) is 1. The zero-order chi connectivity index (χ0) is 30.2. The lowest BCUT2D eigenvalue weighted by molar-refractivity contribution is -0.146. The minimum Gasteiger partial charge on any atom is -0.426 e. The average molecular weight is 590 g/mol. The van der Waals surface area contributed by atoms with Gasteiger partial charge in [0.1, 0.15) is 11.8 Å². The van der Waals surface area contributed by atoms with Gasteiger partial charge in [-0.15, -0.1) is 11.8 Å². The van der Waals surface area contributed by atoms with E-state index in [0.717, 1.165) is 16.7 Å². The van der Waals surface area contributed by atoms with Crippen LogP contribution < -0.4 is 15.4 Å². The summed E-state index contributed by atoms with van der Waals surface area (Å²) >= 11 is 1.43. The summed E-state index contributed by atoms with van der Waals surface area (Å²) in [6, 6.07) is 20.0. The molecule has 0 aliphatic carbocycles. The highest BCUT2D eigenvalue weighted by atomic mass is 32.2. The zero-order valence-corrected chi connectivity index (χ0v) is 24.6. The lowest BCUT2D eigenvalue weighted by atomic mass is 9.98. The number of esters is 1. The molecule has 220 valence electrons. The molecule has 4 rings (SSSR count). The van der Waals surface area contributed by atoms with Gasteiger partial charge in [-0.05, 0) is 49.1 Å². The van der Waals surface area contributed by atoms with E-state index in [9.17, 15) is 24.3 Å². The first-order chi connectivity index (χ1) is 20.2. The number of aliphatic hydroxyl groups excluding tert-OH is 1. The molecule has 9 nitrogen and oxygen atoms in total. The first kappa shape index (κ1) is 30.8. The summed E-state index contributed by atoms with van der Waals surface area (Å²) in [5.41, 5.74) is 3.54. The first-order valence-corrected chi connectivity index (χ1v) is 14.8. The van der Waals surface area contributed by atoms with Crippen molar-refractivity contribution in [3.8, 4) is 5.75 Å². The number of hydrogen-bond acceptors (Lipinski definition) is 7. The average Bonchev–Trinajstić information content (AvgIpc) is 3.47. The number of carbonyl (C=O) groups excluding carboxylic acids is 4. The van der Waals surface area contributed by atoms with Gasteiger partial charge in [-0.2, -0.15) is 0 Å². The lowest BCUT2D eigenvalue weighted by Crippen LogP contribution is -2.56. The number of thioether (sulfide) groups is 1. The van der Waals surface area contributed by atoms with Gasteiger partial charge in [0.05, 0.1) is 11.9 Å². The number of carbonyl (C=O) groups is 4. The molecule has 1 saturated heterocycles. The number of amides is 3. The van der Waals surface area contributed by atoms with Gasteiger partial charge in [-0.1, -0.05) is 60.7 Å². The van der Waals surface area contributed by atoms with E-state index in [-0.39, 0.29) is 29.5 Å². The maximum Gasteiger partial charge on any atom is 0.308 e. The van der Waals surface area contributed by atoms with Gasteiger partial charge in [-0.25, -0.2) is 0 Å². The molecule has 10 heteroatoms. The Bertz CT molecular complexity index is 1450. The summed E-state index contributed by atoms with van der Waals surface area (Å²) in [7, 11) is 0. The molecule has 1 heterocycles. The molecule has 0 radical (unpaired) electrons. The Balaban J connectivity index is 1.51. The number of benzene rings is 3. The topological polar surface area (TPSA) is 125 Å². The molecule has 0 aromatic heterocycles. The van der Waals surface area contributed by atoms with Gasteiger partial charge in [0.15, 0.2) is 6.10 Å². The minimum absolute atomic E-state index is 0.174. The lowest BCUT2D eigenvalue weighted by Gasteiger charge is -2.30. The highest BCUT2D eigenvalue weighted by Gasteiger charge is 2.40. The zero-order valence-electron chi connectivity index (χ0n) is 23.8. The second-order valence-corrected chi connectivity index (χ2v) is 11.2. The summed E-state index contributed by atoms with van der Waals surface area (Å²) in [4.78, 5) is 53.1. The molecule has 3 N–H and O–H groups in total. The number of aryl methyl sites for hydroxylation is 1. The maximum absolute atomic E-state index is 13.7. The molecule has 1 aliphatic heterocycles. The van der Waals surface area contributed by atoms with E-state index in [1.807, 2.05) is 61.5 Å². The summed E-state index contributed by atoms with van der Waals surface area (Å²) in [6.45, 7) is 5.23. The van der Waals surface area contributed by atoms with Crippen LogP contribution in [0.3, 0.4) is 0 Å². The summed E-state index contributed by atoms with van der Waals surface area (Å²) < 4.78 is 5.21. The predicted molar refractivity (Wildman–Crippen MR) is 161 cm³/mol. The number of ether oxygens (including phenoxy) is 1. The monoisotopic (exact) mass is 589 g/mol. The fourth-order valence-electron chi connectivity index (χ4n) is 4.81. The van der Waals surface area contributed by atoms with Crippen LogP contribution in [0.1, 0.15) is 39.5 Å². The van der Waals surface area contributed by atoms with E-state index in [0.29, 0.717) is 17.9 Å². The molecule has 0 unspecified atom stereocenters. The Hall–Kier alpha value is -4.15. The van der Waals surface area contributed by atoms with E-state index in [4.69, 9.17) is 4.74 Å². The number of rotatable bonds is 10. The van der Waals surface area contributed by atoms with E-state index >= 15 is 0 Å². The van der Waals surface area contributed by atoms with Crippen molar-refractivity contribution in [2.75, 3.05) is 11.6 Å². The van der Waals surface area contributed by atoms with Crippen LogP contribution >= 0.6 is 11.8 Å². The molecule has 0 bridgehead atoms. The highest BCUT2D eigenvalue weighted by molar-refractivity contribution is 7.99. The van der Waals surface area contributed by atoms with Crippen LogP contribution in [0.25, 0.3) is 0 Å². The molecular formula is C32H35N3O6S. The summed E-state index contributed by atoms with van der Waals surface area (Å²) in [5, 5.41) is 17.1. The third-order valence-corrected chi connectivity index (χ3v) is 8.23. The largest absolute Gasteiger partial charge is 0.426 e. The van der Waals surface area contributed by atoms with Crippen molar-refractivity contribution in [1.82, 2.24) is 15.5 Å². The number of hydrogen-bond donors (Lipinski definition) is 3. The normalized spacial score (nSPS) is 15.9. The van der Waals surface area contributed by atoms with E-state index in [1.54, 1.807) is 25.1 Å². The quantitative estimate of drug-likeness (QED) is 0.245. The second kappa shape index (κ2) is 14.2. The molecule has 3 aromatic rings. The van der Waals surface area contributed by atoms with Crippen molar-refractivity contribution >= 4 is 35.5 Å². The fraction of sp³-hybridized carbons (Fsp3) is 0.312. The minimum atomic E-state index is -1.61. The predicted octanol–water partition coefficient (Wildman–Crippen LogP) is 3.15. The van der Waals surface area contributed by atoms with Gasteiger partial charge < -0.3 is 25.4 Å². The summed E-state index contributed by atoms with van der Waals surface area (Å²) in [5.74, 6) is -1.09. The molecule has 0 saturated carbocycles. The molecule has 1 fully saturated rings. The molecular weight excluding hydrogens is 554 g/mol. The van der Waals surface area contributed by atoms with Crippen LogP contribution in [-0.4, -0.2) is 63.5 Å². The van der Waals surface area contributed by atoms with Crippen LogP contribution in [0.15, 0.2) is 72.8 Å². The molecule has 3 aromatic carbocycles. The SMILES string of the molecule is CC(=O)Oc1cccc(C(=O)N[C@@H](Cc2ccccc2)[C@H](O)C(=O)N2CSC[C@H]2C(=O)NCc2ccccc2C)c1C. The molecule has 1 aliphatic rings. The number of nitrogens with one attached hydrogen (secondary N) is 2. The Morgan fingerprint density at radius 3 is 2.43 bits per heavy atom. The fourth-order valence-corrected chi connectivity index (χ4v) is 5.97. The Morgan fingerprint density at radius 2 is 1.71 bits per heavy atom. The van der Waals surface area contributed by atoms with Crippen molar-refractivity contribution in [2.24, 2.45) is 0 Å².